The van der Waals surface area contributed by atoms with Crippen LogP contribution in [-0.4, -0.2) is 18.4 Å². The van der Waals surface area contributed by atoms with Gasteiger partial charge in [0.1, 0.15) is 5.82 Å². The van der Waals surface area contributed by atoms with Crippen molar-refractivity contribution < 1.29 is 8.42 Å². The van der Waals surface area contributed by atoms with Gasteiger partial charge in [-0.25, -0.2) is 4.98 Å². The number of rotatable bonds is 3. The molecule has 2 aromatic rings. The van der Waals surface area contributed by atoms with Crippen LogP contribution in [0.3, 0.4) is 0 Å². The molecule has 0 atom stereocenters. The number of aromatic amines is 1. The highest BCUT2D eigenvalue weighted by molar-refractivity contribution is 7.92. The lowest BCUT2D eigenvalue weighted by Crippen LogP contribution is -2.13. The molecule has 0 aliphatic carbocycles. The first-order valence-corrected chi connectivity index (χ1v) is 6.63. The van der Waals surface area contributed by atoms with Crippen molar-refractivity contribution in [1.82, 2.24) is 9.97 Å². The van der Waals surface area contributed by atoms with Crippen LogP contribution in [0.15, 0.2) is 35.5 Å². The molecule has 0 saturated carbocycles. The maximum absolute atomic E-state index is 11.9. The minimum atomic E-state index is -3.62. The Morgan fingerprint density at radius 1 is 1.29 bits per heavy atom. The predicted octanol–water partition coefficient (Wildman–Crippen LogP) is 2.17. The largest absolute Gasteiger partial charge is 0.332 e. The van der Waals surface area contributed by atoms with Gasteiger partial charge in [-0.15, -0.1) is 0 Å². The Bertz CT molecular complexity index is 619. The van der Waals surface area contributed by atoms with Gasteiger partial charge in [0.2, 0.25) is 0 Å². The molecule has 90 valence electrons. The van der Waals surface area contributed by atoms with Gasteiger partial charge >= 0.3 is 0 Å². The van der Waals surface area contributed by atoms with E-state index in [9.17, 15) is 8.42 Å². The number of H-pyrrole nitrogens is 1. The van der Waals surface area contributed by atoms with E-state index in [1.165, 1.54) is 6.20 Å². The number of anilines is 1. The van der Waals surface area contributed by atoms with E-state index in [2.05, 4.69) is 14.7 Å². The summed E-state index contributed by atoms with van der Waals surface area (Å²) in [6, 6.07) is 6.39. The summed E-state index contributed by atoms with van der Waals surface area (Å²) in [5, 5.41) is 0.579. The lowest BCUT2D eigenvalue weighted by atomic mass is 10.3. The summed E-state index contributed by atoms with van der Waals surface area (Å²) < 4.78 is 26.2. The highest BCUT2D eigenvalue weighted by Gasteiger charge is 2.16. The summed E-state index contributed by atoms with van der Waals surface area (Å²) in [7, 11) is -3.62. The maximum Gasteiger partial charge on any atom is 0.278 e. The third-order valence-corrected chi connectivity index (χ3v) is 3.61. The van der Waals surface area contributed by atoms with E-state index in [1.54, 1.807) is 31.2 Å². The molecule has 0 aliphatic heterocycles. The van der Waals surface area contributed by atoms with Crippen LogP contribution >= 0.6 is 11.6 Å². The normalized spacial score (nSPS) is 11.4. The van der Waals surface area contributed by atoms with Crippen molar-refractivity contribution >= 4 is 27.3 Å². The Morgan fingerprint density at radius 3 is 2.47 bits per heavy atom. The number of benzene rings is 1. The molecule has 5 nitrogen and oxygen atoms in total. The average Bonchev–Trinajstić information content (AvgIpc) is 2.69. The highest BCUT2D eigenvalue weighted by Crippen LogP contribution is 2.17. The van der Waals surface area contributed by atoms with E-state index in [1.807, 2.05) is 0 Å². The van der Waals surface area contributed by atoms with E-state index >= 15 is 0 Å². The van der Waals surface area contributed by atoms with Gasteiger partial charge in [-0.2, -0.15) is 8.42 Å². The van der Waals surface area contributed by atoms with Crippen LogP contribution < -0.4 is 4.72 Å². The molecule has 0 amide bonds. The molecule has 7 heteroatoms. The Morgan fingerprint density at radius 2 is 1.94 bits per heavy atom. The van der Waals surface area contributed by atoms with Crippen molar-refractivity contribution in [1.29, 1.82) is 0 Å². The predicted molar refractivity (Wildman–Crippen MR) is 65.6 cm³/mol. The first-order valence-electron chi connectivity index (χ1n) is 4.77. The zero-order chi connectivity index (χ0) is 12.5. The molecular weight excluding hydrogens is 262 g/mol. The zero-order valence-corrected chi connectivity index (χ0v) is 10.5. The number of nitrogens with zero attached hydrogens (tertiary/aromatic N) is 1. The standard InChI is InChI=1S/C10H10ClN3O2S/c1-7-12-6-10(13-7)17(15,16)14-9-4-2-8(11)3-5-9/h2-6,14H,1H3,(H,12,13). The quantitative estimate of drug-likeness (QED) is 0.898. The molecular formula is C10H10ClN3O2S. The number of nitrogens with one attached hydrogen (secondary N) is 2. The average molecular weight is 272 g/mol. The van der Waals surface area contributed by atoms with E-state index in [0.29, 0.717) is 16.5 Å². The van der Waals surface area contributed by atoms with Crippen molar-refractivity contribution in [3.8, 4) is 0 Å². The molecule has 17 heavy (non-hydrogen) atoms. The summed E-state index contributed by atoms with van der Waals surface area (Å²) in [4.78, 5) is 6.50. The topological polar surface area (TPSA) is 74.8 Å². The van der Waals surface area contributed by atoms with Crippen molar-refractivity contribution in [2.45, 2.75) is 11.9 Å². The number of aryl methyl sites for hydroxylation is 1. The number of hydrogen-bond donors (Lipinski definition) is 2. The Hall–Kier alpha value is -1.53. The molecule has 0 bridgehead atoms. The summed E-state index contributed by atoms with van der Waals surface area (Å²) >= 11 is 5.71. The van der Waals surface area contributed by atoms with Gasteiger partial charge in [-0.05, 0) is 31.2 Å². The van der Waals surface area contributed by atoms with Crippen LogP contribution in [-0.2, 0) is 10.0 Å². The number of hydrogen-bond acceptors (Lipinski definition) is 3. The van der Waals surface area contributed by atoms with E-state index in [-0.39, 0.29) is 5.03 Å². The molecule has 1 aromatic heterocycles. The van der Waals surface area contributed by atoms with Crippen LogP contribution in [0.2, 0.25) is 5.02 Å². The van der Waals surface area contributed by atoms with Gasteiger partial charge in [-0.1, -0.05) is 11.6 Å². The monoisotopic (exact) mass is 271 g/mol. The number of sulfonamides is 1. The summed E-state index contributed by atoms with van der Waals surface area (Å²) in [6.07, 6.45) is 1.27. The second kappa shape index (κ2) is 4.38. The second-order valence-electron chi connectivity index (χ2n) is 3.45. The number of halogens is 1. The summed E-state index contributed by atoms with van der Waals surface area (Å²) in [5.74, 6) is 0.543. The minimum absolute atomic E-state index is 0.0324. The van der Waals surface area contributed by atoms with Gasteiger partial charge in [0.25, 0.3) is 10.0 Å². The molecule has 0 unspecified atom stereocenters. The van der Waals surface area contributed by atoms with Crippen molar-refractivity contribution in [2.75, 3.05) is 4.72 Å². The van der Waals surface area contributed by atoms with Crippen LogP contribution in [0.25, 0.3) is 0 Å². The first-order chi connectivity index (χ1) is 7.97. The molecule has 2 rings (SSSR count). The van der Waals surface area contributed by atoms with E-state index < -0.39 is 10.0 Å². The van der Waals surface area contributed by atoms with Gasteiger partial charge in [0.15, 0.2) is 5.03 Å². The van der Waals surface area contributed by atoms with Gasteiger partial charge in [0.05, 0.1) is 6.20 Å². The molecule has 0 radical (unpaired) electrons. The van der Waals surface area contributed by atoms with Gasteiger partial charge in [-0.3, -0.25) is 4.72 Å². The fourth-order valence-corrected chi connectivity index (χ4v) is 2.42. The number of aromatic nitrogens is 2. The van der Waals surface area contributed by atoms with Gasteiger partial charge in [0, 0.05) is 10.7 Å². The van der Waals surface area contributed by atoms with Gasteiger partial charge < -0.3 is 4.98 Å². The lowest BCUT2D eigenvalue weighted by molar-refractivity contribution is 0.598. The first kappa shape index (κ1) is 11.9. The number of imidazole rings is 1. The zero-order valence-electron chi connectivity index (χ0n) is 8.94. The molecule has 0 saturated heterocycles. The summed E-state index contributed by atoms with van der Waals surface area (Å²) in [5.41, 5.74) is 0.446. The van der Waals surface area contributed by atoms with Crippen molar-refractivity contribution in [2.24, 2.45) is 0 Å². The second-order valence-corrected chi connectivity index (χ2v) is 5.53. The third kappa shape index (κ3) is 2.78. The molecule has 0 spiro atoms. The third-order valence-electron chi connectivity index (χ3n) is 2.07. The summed E-state index contributed by atoms with van der Waals surface area (Å²) in [6.45, 7) is 1.68. The molecule has 2 N–H and O–H groups in total. The fraction of sp³-hybridized carbons (Fsp3) is 0.100. The highest BCUT2D eigenvalue weighted by atomic mass is 35.5. The molecule has 0 fully saturated rings. The van der Waals surface area contributed by atoms with Crippen LogP contribution in [0.1, 0.15) is 5.82 Å². The van der Waals surface area contributed by atoms with Crippen LogP contribution in [0.5, 0.6) is 0 Å². The molecule has 0 aliphatic rings. The van der Waals surface area contributed by atoms with Crippen LogP contribution in [0, 0.1) is 6.92 Å². The van der Waals surface area contributed by atoms with Crippen molar-refractivity contribution in [3.63, 3.8) is 0 Å². The van der Waals surface area contributed by atoms with E-state index in [4.69, 9.17) is 11.6 Å². The smallest absolute Gasteiger partial charge is 0.278 e. The van der Waals surface area contributed by atoms with Crippen LogP contribution in [0.4, 0.5) is 5.69 Å². The SMILES string of the molecule is Cc1ncc(S(=O)(=O)Nc2ccc(Cl)cc2)[nH]1. The van der Waals surface area contributed by atoms with E-state index in [0.717, 1.165) is 0 Å². The molecule has 1 heterocycles. The Labute approximate surface area is 104 Å². The van der Waals surface area contributed by atoms with Crippen molar-refractivity contribution in [3.05, 3.63) is 41.3 Å². The maximum atomic E-state index is 11.9. The Balaban J connectivity index is 2.26. The fourth-order valence-electron chi connectivity index (χ4n) is 1.26. The molecule has 1 aromatic carbocycles. The minimum Gasteiger partial charge on any atom is -0.332 e. The lowest BCUT2D eigenvalue weighted by Gasteiger charge is -2.05. The Kier molecular flexibility index (Phi) is 3.08.